The number of hydrogen-bond acceptors (Lipinski definition) is 5. The Morgan fingerprint density at radius 3 is 2.53 bits per heavy atom. The first-order chi connectivity index (χ1) is 8.80. The maximum Gasteiger partial charge on any atom is 0.296 e. The maximum atomic E-state index is 11.5. The number of aromatic nitrogens is 5. The number of nitrogens with zero attached hydrogens (tertiary/aromatic N) is 5. The zero-order chi connectivity index (χ0) is 14.2. The Labute approximate surface area is 115 Å². The molecule has 0 aliphatic carbocycles. The molecule has 2 aromatic heterocycles. The Morgan fingerprint density at radius 1 is 1.37 bits per heavy atom. The van der Waals surface area contributed by atoms with Crippen LogP contribution < -0.4 is 0 Å². The van der Waals surface area contributed by atoms with E-state index in [1.807, 2.05) is 13.8 Å². The topological polar surface area (TPSA) is 82.7 Å². The second kappa shape index (κ2) is 4.93. The van der Waals surface area contributed by atoms with E-state index >= 15 is 0 Å². The number of hydrogen-bond donors (Lipinski definition) is 0. The summed E-state index contributed by atoms with van der Waals surface area (Å²) in [6, 6.07) is 0. The van der Waals surface area contributed by atoms with Gasteiger partial charge in [-0.25, -0.2) is 13.4 Å². The van der Waals surface area contributed by atoms with Crippen molar-refractivity contribution in [2.24, 2.45) is 13.0 Å². The molecule has 0 aliphatic heterocycles. The minimum atomic E-state index is -3.93. The van der Waals surface area contributed by atoms with Gasteiger partial charge < -0.3 is 4.57 Å². The molecule has 0 amide bonds. The van der Waals surface area contributed by atoms with E-state index in [0.717, 1.165) is 0 Å². The maximum absolute atomic E-state index is 11.5. The van der Waals surface area contributed by atoms with Gasteiger partial charge >= 0.3 is 0 Å². The van der Waals surface area contributed by atoms with Crippen LogP contribution in [0.1, 0.15) is 13.8 Å². The van der Waals surface area contributed by atoms with Crippen molar-refractivity contribution >= 4 is 19.7 Å². The summed E-state index contributed by atoms with van der Waals surface area (Å²) in [4.78, 5) is 3.99. The quantitative estimate of drug-likeness (QED) is 0.794. The normalized spacial score (nSPS) is 12.3. The monoisotopic (exact) mass is 303 g/mol. The van der Waals surface area contributed by atoms with Crippen LogP contribution >= 0.6 is 10.7 Å². The molecule has 0 saturated carbocycles. The molecule has 2 heterocycles. The third-order valence-corrected chi connectivity index (χ3v) is 3.68. The Balaban J connectivity index is 2.63. The van der Waals surface area contributed by atoms with Gasteiger partial charge in [0, 0.05) is 24.3 Å². The first kappa shape index (κ1) is 14.0. The van der Waals surface area contributed by atoms with Gasteiger partial charge in [0.15, 0.2) is 5.82 Å². The van der Waals surface area contributed by atoms with E-state index in [2.05, 4.69) is 15.2 Å². The number of rotatable bonds is 4. The fraction of sp³-hybridized carbons (Fsp3) is 0.500. The van der Waals surface area contributed by atoms with Gasteiger partial charge in [0.2, 0.25) is 0 Å². The highest BCUT2D eigenvalue weighted by Crippen LogP contribution is 2.23. The van der Waals surface area contributed by atoms with Gasteiger partial charge in [-0.3, -0.25) is 4.57 Å². The zero-order valence-corrected chi connectivity index (χ0v) is 12.4. The van der Waals surface area contributed by atoms with Crippen LogP contribution in [0.4, 0.5) is 0 Å². The molecule has 0 aliphatic rings. The summed E-state index contributed by atoms with van der Waals surface area (Å²) in [6.45, 7) is 4.39. The van der Waals surface area contributed by atoms with Crippen LogP contribution in [0.25, 0.3) is 11.5 Å². The van der Waals surface area contributed by atoms with Crippen molar-refractivity contribution in [3.63, 3.8) is 0 Å². The smallest absolute Gasteiger partial charge is 0.296 e. The molecule has 0 spiro atoms. The van der Waals surface area contributed by atoms with Gasteiger partial charge in [0.1, 0.15) is 5.69 Å². The first-order valence-electron chi connectivity index (χ1n) is 5.65. The summed E-state index contributed by atoms with van der Waals surface area (Å²) in [7, 11) is 3.26. The van der Waals surface area contributed by atoms with Gasteiger partial charge in [-0.1, -0.05) is 13.8 Å². The third-order valence-electron chi connectivity index (χ3n) is 2.53. The molecule has 0 fully saturated rings. The van der Waals surface area contributed by atoms with Gasteiger partial charge in [-0.15, -0.1) is 10.2 Å². The van der Waals surface area contributed by atoms with Crippen molar-refractivity contribution in [3.8, 4) is 11.5 Å². The van der Waals surface area contributed by atoms with Gasteiger partial charge in [-0.05, 0) is 5.92 Å². The SMILES string of the molecule is CC(C)Cn1c(-c2cncn2C)nnc1S(=O)(=O)Cl. The van der Waals surface area contributed by atoms with Crippen molar-refractivity contribution in [1.82, 2.24) is 24.3 Å². The van der Waals surface area contributed by atoms with E-state index in [1.54, 1.807) is 24.1 Å². The Hall–Kier alpha value is -1.41. The molecule has 0 unspecified atom stereocenters. The van der Waals surface area contributed by atoms with E-state index in [1.165, 1.54) is 4.57 Å². The Kier molecular flexibility index (Phi) is 3.64. The van der Waals surface area contributed by atoms with E-state index in [9.17, 15) is 8.42 Å². The molecule has 0 radical (unpaired) electrons. The lowest BCUT2D eigenvalue weighted by Crippen LogP contribution is -2.12. The summed E-state index contributed by atoms with van der Waals surface area (Å²) in [5, 5.41) is 7.38. The lowest BCUT2D eigenvalue weighted by atomic mass is 10.2. The van der Waals surface area contributed by atoms with Gasteiger partial charge in [0.05, 0.1) is 12.5 Å². The molecule has 0 saturated heterocycles. The Bertz CT molecular complexity index is 689. The minimum absolute atomic E-state index is 0.222. The molecule has 19 heavy (non-hydrogen) atoms. The van der Waals surface area contributed by atoms with E-state index < -0.39 is 9.05 Å². The van der Waals surface area contributed by atoms with Gasteiger partial charge in [0.25, 0.3) is 14.2 Å². The second-order valence-corrected chi connectivity index (χ2v) is 7.10. The van der Waals surface area contributed by atoms with Crippen LogP contribution in [-0.2, 0) is 22.6 Å². The van der Waals surface area contributed by atoms with Crippen LogP contribution in [0.15, 0.2) is 17.7 Å². The molecule has 0 aromatic carbocycles. The highest BCUT2D eigenvalue weighted by Gasteiger charge is 2.24. The lowest BCUT2D eigenvalue weighted by Gasteiger charge is -2.11. The summed E-state index contributed by atoms with van der Waals surface area (Å²) in [5.74, 6) is 0.660. The average Bonchev–Trinajstić information content (AvgIpc) is 2.82. The van der Waals surface area contributed by atoms with Crippen LogP contribution in [0, 0.1) is 5.92 Å². The molecular formula is C10H14ClN5O2S. The molecule has 104 valence electrons. The van der Waals surface area contributed by atoms with Crippen LogP contribution in [0.2, 0.25) is 0 Å². The van der Waals surface area contributed by atoms with Crippen molar-refractivity contribution in [1.29, 1.82) is 0 Å². The third kappa shape index (κ3) is 2.79. The molecular weight excluding hydrogens is 290 g/mol. The largest absolute Gasteiger partial charge is 0.331 e. The summed E-state index contributed by atoms with van der Waals surface area (Å²) in [5.41, 5.74) is 0.680. The number of aryl methyl sites for hydroxylation is 1. The second-order valence-electron chi connectivity index (χ2n) is 4.64. The van der Waals surface area contributed by atoms with E-state index in [4.69, 9.17) is 10.7 Å². The van der Waals surface area contributed by atoms with Crippen molar-refractivity contribution in [2.75, 3.05) is 0 Å². The molecule has 9 heteroatoms. The highest BCUT2D eigenvalue weighted by atomic mass is 35.7. The summed E-state index contributed by atoms with van der Waals surface area (Å²) < 4.78 is 26.3. The number of imidazole rings is 1. The standard InChI is InChI=1S/C10H14ClN5O2S/c1-7(2)5-16-9(8-4-12-6-15(8)3)13-14-10(16)19(11,17)18/h4,6-7H,5H2,1-3H3. The molecule has 2 aromatic rings. The first-order valence-corrected chi connectivity index (χ1v) is 7.96. The van der Waals surface area contributed by atoms with Crippen LogP contribution in [-0.4, -0.2) is 32.7 Å². The van der Waals surface area contributed by atoms with Crippen molar-refractivity contribution < 1.29 is 8.42 Å². The van der Waals surface area contributed by atoms with Crippen molar-refractivity contribution in [3.05, 3.63) is 12.5 Å². The molecule has 0 atom stereocenters. The Morgan fingerprint density at radius 2 is 2.05 bits per heavy atom. The molecule has 2 rings (SSSR count). The minimum Gasteiger partial charge on any atom is -0.331 e. The summed E-state index contributed by atoms with van der Waals surface area (Å²) in [6.07, 6.45) is 3.21. The van der Waals surface area contributed by atoms with E-state index in [-0.39, 0.29) is 11.1 Å². The van der Waals surface area contributed by atoms with Crippen LogP contribution in [0.3, 0.4) is 0 Å². The molecule has 7 nitrogen and oxygen atoms in total. The zero-order valence-electron chi connectivity index (χ0n) is 10.8. The average molecular weight is 304 g/mol. The summed E-state index contributed by atoms with van der Waals surface area (Å²) >= 11 is 0. The number of halogens is 1. The highest BCUT2D eigenvalue weighted by molar-refractivity contribution is 8.13. The lowest BCUT2D eigenvalue weighted by molar-refractivity contribution is 0.488. The predicted octanol–water partition coefficient (Wildman–Crippen LogP) is 1.26. The van der Waals surface area contributed by atoms with Gasteiger partial charge in [-0.2, -0.15) is 0 Å². The van der Waals surface area contributed by atoms with Crippen molar-refractivity contribution in [2.45, 2.75) is 25.5 Å². The molecule has 0 bridgehead atoms. The van der Waals surface area contributed by atoms with E-state index in [0.29, 0.717) is 18.1 Å². The molecule has 0 N–H and O–H groups in total. The predicted molar refractivity (Wildman–Crippen MR) is 70.1 cm³/mol. The fourth-order valence-corrected chi connectivity index (χ4v) is 2.67. The van der Waals surface area contributed by atoms with Crippen LogP contribution in [0.5, 0.6) is 0 Å². The fourth-order valence-electron chi connectivity index (χ4n) is 1.76.